The summed E-state index contributed by atoms with van der Waals surface area (Å²) in [4.78, 5) is 5.07. The van der Waals surface area contributed by atoms with E-state index in [1.165, 1.54) is 32.5 Å². The zero-order valence-electron chi connectivity index (χ0n) is 11.5. The van der Waals surface area contributed by atoms with Crippen molar-refractivity contribution < 1.29 is 0 Å². The second kappa shape index (κ2) is 5.99. The van der Waals surface area contributed by atoms with E-state index >= 15 is 0 Å². The summed E-state index contributed by atoms with van der Waals surface area (Å²) in [5.74, 6) is 0. The first kappa shape index (κ1) is 13.9. The molecule has 1 aliphatic heterocycles. The summed E-state index contributed by atoms with van der Waals surface area (Å²) in [6.07, 6.45) is 3.72. The molecular formula is C13H29N3. The highest BCUT2D eigenvalue weighted by atomic mass is 15.2. The summed E-state index contributed by atoms with van der Waals surface area (Å²) in [5, 5.41) is 0. The van der Waals surface area contributed by atoms with E-state index in [2.05, 4.69) is 37.6 Å². The van der Waals surface area contributed by atoms with Crippen LogP contribution in [-0.4, -0.2) is 54.6 Å². The number of likely N-dealkylation sites (N-methyl/N-ethyl adjacent to an activating group) is 1. The fourth-order valence-electron chi connectivity index (χ4n) is 2.60. The molecule has 0 aromatic rings. The third-order valence-corrected chi connectivity index (χ3v) is 4.60. The molecule has 0 aromatic carbocycles. The van der Waals surface area contributed by atoms with Gasteiger partial charge in [-0.1, -0.05) is 13.8 Å². The van der Waals surface area contributed by atoms with Gasteiger partial charge < -0.3 is 10.6 Å². The highest BCUT2D eigenvalue weighted by Gasteiger charge is 2.32. The molecule has 16 heavy (non-hydrogen) atoms. The van der Waals surface area contributed by atoms with Gasteiger partial charge in [-0.15, -0.1) is 0 Å². The van der Waals surface area contributed by atoms with Crippen LogP contribution in [0.5, 0.6) is 0 Å². The van der Waals surface area contributed by atoms with Crippen LogP contribution in [0.1, 0.15) is 40.0 Å². The first-order valence-corrected chi connectivity index (χ1v) is 6.72. The predicted octanol–water partition coefficient (Wildman–Crippen LogP) is 1.53. The highest BCUT2D eigenvalue weighted by Crippen LogP contribution is 2.24. The minimum absolute atomic E-state index is 0.180. The van der Waals surface area contributed by atoms with Gasteiger partial charge in [-0.3, -0.25) is 4.90 Å². The molecule has 0 aromatic heterocycles. The van der Waals surface area contributed by atoms with Crippen molar-refractivity contribution in [2.24, 2.45) is 5.73 Å². The Bertz CT molecular complexity index is 193. The molecular weight excluding hydrogens is 198 g/mol. The van der Waals surface area contributed by atoms with Crippen LogP contribution in [0.2, 0.25) is 0 Å². The standard InChI is InChI=1S/C13H29N3/c1-5-13(3,11-14)15(4)12-7-9-16(6-2)10-8-12/h12H,5-11,14H2,1-4H3. The average Bonchev–Trinajstić information content (AvgIpc) is 2.37. The lowest BCUT2D eigenvalue weighted by molar-refractivity contribution is 0.0477. The third kappa shape index (κ3) is 2.96. The largest absolute Gasteiger partial charge is 0.329 e. The summed E-state index contributed by atoms with van der Waals surface area (Å²) in [7, 11) is 2.25. The van der Waals surface area contributed by atoms with Crippen LogP contribution in [0.3, 0.4) is 0 Å². The van der Waals surface area contributed by atoms with Crippen LogP contribution < -0.4 is 5.73 Å². The smallest absolute Gasteiger partial charge is 0.0300 e. The minimum Gasteiger partial charge on any atom is -0.329 e. The Morgan fingerprint density at radius 3 is 2.25 bits per heavy atom. The molecule has 0 bridgehead atoms. The lowest BCUT2D eigenvalue weighted by atomic mass is 9.92. The lowest BCUT2D eigenvalue weighted by Crippen LogP contribution is -2.56. The second-order valence-electron chi connectivity index (χ2n) is 5.33. The summed E-state index contributed by atoms with van der Waals surface area (Å²) in [6.45, 7) is 11.2. The number of hydrogen-bond donors (Lipinski definition) is 1. The first-order valence-electron chi connectivity index (χ1n) is 6.72. The maximum atomic E-state index is 5.93. The van der Waals surface area contributed by atoms with E-state index in [-0.39, 0.29) is 5.54 Å². The van der Waals surface area contributed by atoms with E-state index in [0.29, 0.717) is 0 Å². The SMILES string of the molecule is CCN1CCC(N(C)C(C)(CC)CN)CC1. The number of piperidine rings is 1. The van der Waals surface area contributed by atoms with Gasteiger partial charge in [-0.2, -0.15) is 0 Å². The summed E-state index contributed by atoms with van der Waals surface area (Å²) in [5.41, 5.74) is 6.11. The van der Waals surface area contributed by atoms with Crippen molar-refractivity contribution in [2.45, 2.75) is 51.6 Å². The Kier molecular flexibility index (Phi) is 5.22. The van der Waals surface area contributed by atoms with Crippen LogP contribution in [0, 0.1) is 0 Å². The Morgan fingerprint density at radius 1 is 1.31 bits per heavy atom. The van der Waals surface area contributed by atoms with Crippen LogP contribution in [0.15, 0.2) is 0 Å². The maximum Gasteiger partial charge on any atom is 0.0300 e. The molecule has 1 rings (SSSR count). The average molecular weight is 227 g/mol. The van der Waals surface area contributed by atoms with Crippen molar-refractivity contribution in [3.63, 3.8) is 0 Å². The molecule has 1 atom stereocenters. The normalized spacial score (nSPS) is 23.6. The van der Waals surface area contributed by atoms with Crippen LogP contribution in [-0.2, 0) is 0 Å². The molecule has 96 valence electrons. The van der Waals surface area contributed by atoms with Crippen molar-refractivity contribution in [2.75, 3.05) is 33.2 Å². The van der Waals surface area contributed by atoms with Gasteiger partial charge in [0.05, 0.1) is 0 Å². The first-order chi connectivity index (χ1) is 7.57. The Hall–Kier alpha value is -0.120. The Morgan fingerprint density at radius 2 is 1.88 bits per heavy atom. The van der Waals surface area contributed by atoms with Crippen molar-refractivity contribution in [3.8, 4) is 0 Å². The van der Waals surface area contributed by atoms with Crippen molar-refractivity contribution in [1.29, 1.82) is 0 Å². The van der Waals surface area contributed by atoms with Gasteiger partial charge in [0.25, 0.3) is 0 Å². The van der Waals surface area contributed by atoms with Gasteiger partial charge >= 0.3 is 0 Å². The van der Waals surface area contributed by atoms with Crippen LogP contribution in [0.25, 0.3) is 0 Å². The third-order valence-electron chi connectivity index (χ3n) is 4.60. The van der Waals surface area contributed by atoms with Gasteiger partial charge in [0.2, 0.25) is 0 Å². The molecule has 1 aliphatic rings. The number of rotatable bonds is 5. The van der Waals surface area contributed by atoms with Gasteiger partial charge in [0.1, 0.15) is 0 Å². The van der Waals surface area contributed by atoms with Crippen LogP contribution >= 0.6 is 0 Å². The van der Waals surface area contributed by atoms with Gasteiger partial charge in [0.15, 0.2) is 0 Å². The van der Waals surface area contributed by atoms with Gasteiger partial charge in [0, 0.05) is 18.1 Å². The van der Waals surface area contributed by atoms with Crippen LogP contribution in [0.4, 0.5) is 0 Å². The fourth-order valence-corrected chi connectivity index (χ4v) is 2.60. The number of hydrogen-bond acceptors (Lipinski definition) is 3. The molecule has 0 radical (unpaired) electrons. The van der Waals surface area contributed by atoms with E-state index in [0.717, 1.165) is 19.0 Å². The van der Waals surface area contributed by atoms with E-state index in [1.807, 2.05) is 0 Å². The lowest BCUT2D eigenvalue weighted by Gasteiger charge is -2.45. The molecule has 0 amide bonds. The second-order valence-corrected chi connectivity index (χ2v) is 5.33. The van der Waals surface area contributed by atoms with Gasteiger partial charge in [-0.05, 0) is 52.9 Å². The summed E-state index contributed by atoms with van der Waals surface area (Å²) >= 11 is 0. The number of nitrogens with zero attached hydrogens (tertiary/aromatic N) is 2. The molecule has 3 nitrogen and oxygen atoms in total. The van der Waals surface area contributed by atoms with Crippen molar-refractivity contribution in [1.82, 2.24) is 9.80 Å². The van der Waals surface area contributed by atoms with Gasteiger partial charge in [-0.25, -0.2) is 0 Å². The number of nitrogens with two attached hydrogens (primary N) is 1. The summed E-state index contributed by atoms with van der Waals surface area (Å²) in [6, 6.07) is 0.719. The zero-order chi connectivity index (χ0) is 12.2. The van der Waals surface area contributed by atoms with Crippen molar-refractivity contribution in [3.05, 3.63) is 0 Å². The maximum absolute atomic E-state index is 5.93. The number of likely N-dealkylation sites (tertiary alicyclic amines) is 1. The van der Waals surface area contributed by atoms with E-state index < -0.39 is 0 Å². The fraction of sp³-hybridized carbons (Fsp3) is 1.00. The monoisotopic (exact) mass is 227 g/mol. The molecule has 1 heterocycles. The molecule has 1 saturated heterocycles. The molecule has 1 unspecified atom stereocenters. The molecule has 0 saturated carbocycles. The Balaban J connectivity index is 2.52. The molecule has 1 fully saturated rings. The van der Waals surface area contributed by atoms with E-state index in [9.17, 15) is 0 Å². The van der Waals surface area contributed by atoms with Crippen molar-refractivity contribution >= 4 is 0 Å². The highest BCUT2D eigenvalue weighted by molar-refractivity contribution is 4.90. The minimum atomic E-state index is 0.180. The van der Waals surface area contributed by atoms with E-state index in [1.54, 1.807) is 0 Å². The molecule has 0 aliphatic carbocycles. The van der Waals surface area contributed by atoms with E-state index in [4.69, 9.17) is 5.73 Å². The Labute approximate surface area is 101 Å². The zero-order valence-corrected chi connectivity index (χ0v) is 11.5. The molecule has 2 N–H and O–H groups in total. The topological polar surface area (TPSA) is 32.5 Å². The summed E-state index contributed by atoms with van der Waals surface area (Å²) < 4.78 is 0. The predicted molar refractivity (Wildman–Crippen MR) is 70.6 cm³/mol. The quantitative estimate of drug-likeness (QED) is 0.773. The molecule has 3 heteroatoms. The molecule has 0 spiro atoms.